The van der Waals surface area contributed by atoms with Gasteiger partial charge in [-0.2, -0.15) is 8.78 Å². The smallest absolute Gasteiger partial charge is 0.387 e. The number of imide groups is 1. The van der Waals surface area contributed by atoms with Crippen LogP contribution in [0.1, 0.15) is 30.9 Å². The fourth-order valence-corrected chi connectivity index (χ4v) is 3.77. The molecule has 0 radical (unpaired) electrons. The van der Waals surface area contributed by atoms with Gasteiger partial charge < -0.3 is 15.0 Å². The molecule has 170 valence electrons. The molecule has 0 saturated carbocycles. The highest BCUT2D eigenvalue weighted by atomic mass is 19.3. The Balaban J connectivity index is 1.69. The van der Waals surface area contributed by atoms with E-state index >= 15 is 0 Å². The summed E-state index contributed by atoms with van der Waals surface area (Å²) in [4.78, 5) is 41.0. The predicted octanol–water partition coefficient (Wildman–Crippen LogP) is 3.49. The fourth-order valence-electron chi connectivity index (χ4n) is 3.77. The van der Waals surface area contributed by atoms with E-state index in [4.69, 9.17) is 0 Å². The lowest BCUT2D eigenvalue weighted by molar-refractivity contribution is -0.139. The van der Waals surface area contributed by atoms with Crippen LogP contribution in [-0.2, 0) is 21.7 Å². The van der Waals surface area contributed by atoms with Gasteiger partial charge in [-0.05, 0) is 29.7 Å². The number of ether oxygens (including phenoxy) is 1. The van der Waals surface area contributed by atoms with Gasteiger partial charge in [0.25, 0.3) is 5.91 Å². The van der Waals surface area contributed by atoms with Crippen LogP contribution >= 0.6 is 0 Å². The van der Waals surface area contributed by atoms with Crippen molar-refractivity contribution in [2.24, 2.45) is 0 Å². The molecule has 32 heavy (non-hydrogen) atoms. The summed E-state index contributed by atoms with van der Waals surface area (Å²) >= 11 is 0. The van der Waals surface area contributed by atoms with E-state index in [0.717, 1.165) is 4.90 Å². The summed E-state index contributed by atoms with van der Waals surface area (Å²) in [5.41, 5.74) is 0.172. The van der Waals surface area contributed by atoms with E-state index in [0.29, 0.717) is 24.0 Å². The van der Waals surface area contributed by atoms with Crippen LogP contribution < -0.4 is 10.1 Å². The van der Waals surface area contributed by atoms with Gasteiger partial charge in [0.15, 0.2) is 0 Å². The van der Waals surface area contributed by atoms with Gasteiger partial charge in [-0.1, -0.05) is 55.8 Å². The van der Waals surface area contributed by atoms with Crippen molar-refractivity contribution in [2.45, 2.75) is 38.5 Å². The van der Waals surface area contributed by atoms with Crippen molar-refractivity contribution in [1.82, 2.24) is 15.1 Å². The molecule has 0 aromatic heterocycles. The van der Waals surface area contributed by atoms with Crippen molar-refractivity contribution in [1.29, 1.82) is 0 Å². The van der Waals surface area contributed by atoms with Crippen LogP contribution in [0.15, 0.2) is 54.6 Å². The third-order valence-electron chi connectivity index (χ3n) is 5.35. The van der Waals surface area contributed by atoms with Crippen LogP contribution in [-0.4, -0.2) is 47.8 Å². The number of hydrogen-bond acceptors (Lipinski definition) is 4. The van der Waals surface area contributed by atoms with E-state index in [1.54, 1.807) is 43.4 Å². The molecular weight excluding hydrogens is 420 g/mol. The molecule has 0 aliphatic carbocycles. The summed E-state index contributed by atoms with van der Waals surface area (Å²) in [6, 6.07) is 14.3. The Morgan fingerprint density at radius 3 is 2.38 bits per heavy atom. The second-order valence-corrected chi connectivity index (χ2v) is 7.62. The molecule has 3 rings (SSSR count). The molecule has 0 spiro atoms. The Kier molecular flexibility index (Phi) is 7.07. The molecule has 1 N–H and O–H groups in total. The molecule has 7 nitrogen and oxygen atoms in total. The Hall–Kier alpha value is -3.49. The molecule has 1 aliphatic rings. The minimum atomic E-state index is -2.91. The number of alkyl halides is 2. The zero-order valence-corrected chi connectivity index (χ0v) is 17.9. The van der Waals surface area contributed by atoms with E-state index in [-0.39, 0.29) is 12.3 Å². The molecule has 1 unspecified atom stereocenters. The van der Waals surface area contributed by atoms with Crippen LogP contribution in [0.4, 0.5) is 13.6 Å². The average molecular weight is 445 g/mol. The SMILES string of the molecule is CCCC1(c2ccccc2)NC(=O)N(CC(=O)N(C)Cc2ccc(OC(F)F)cc2)C1=O. The van der Waals surface area contributed by atoms with Gasteiger partial charge in [-0.25, -0.2) is 4.79 Å². The molecule has 4 amide bonds. The minimum absolute atomic E-state index is 0.0187. The zero-order valence-electron chi connectivity index (χ0n) is 17.9. The Morgan fingerprint density at radius 2 is 1.78 bits per heavy atom. The first kappa shape index (κ1) is 23.2. The third kappa shape index (κ3) is 4.87. The molecule has 2 aromatic rings. The zero-order chi connectivity index (χ0) is 23.3. The summed E-state index contributed by atoms with van der Waals surface area (Å²) in [5.74, 6) is -0.863. The number of rotatable bonds is 9. The van der Waals surface area contributed by atoms with Crippen molar-refractivity contribution in [3.05, 3.63) is 65.7 Å². The highest BCUT2D eigenvalue weighted by Gasteiger charge is 2.52. The maximum atomic E-state index is 13.3. The number of urea groups is 1. The number of likely N-dealkylation sites (N-methyl/N-ethyl adjacent to an activating group) is 1. The maximum absolute atomic E-state index is 13.3. The molecule has 1 fully saturated rings. The largest absolute Gasteiger partial charge is 0.435 e. The summed E-state index contributed by atoms with van der Waals surface area (Å²) in [6.07, 6.45) is 1.07. The average Bonchev–Trinajstić information content (AvgIpc) is 3.00. The second kappa shape index (κ2) is 9.76. The predicted molar refractivity (Wildman–Crippen MR) is 113 cm³/mol. The molecule has 1 atom stereocenters. The lowest BCUT2D eigenvalue weighted by Crippen LogP contribution is -2.45. The molecule has 9 heteroatoms. The van der Waals surface area contributed by atoms with Crippen LogP contribution in [0.5, 0.6) is 5.75 Å². The van der Waals surface area contributed by atoms with Crippen molar-refractivity contribution in [3.8, 4) is 5.75 Å². The topological polar surface area (TPSA) is 79.0 Å². The van der Waals surface area contributed by atoms with Crippen LogP contribution in [0.2, 0.25) is 0 Å². The van der Waals surface area contributed by atoms with E-state index in [2.05, 4.69) is 10.1 Å². The van der Waals surface area contributed by atoms with Gasteiger partial charge in [-0.15, -0.1) is 0 Å². The monoisotopic (exact) mass is 445 g/mol. The molecule has 1 heterocycles. The van der Waals surface area contributed by atoms with Crippen LogP contribution in [0, 0.1) is 0 Å². The van der Waals surface area contributed by atoms with Crippen LogP contribution in [0.25, 0.3) is 0 Å². The van der Waals surface area contributed by atoms with Gasteiger partial charge in [0, 0.05) is 13.6 Å². The normalized spacial score (nSPS) is 18.1. The summed E-state index contributed by atoms with van der Waals surface area (Å²) in [6.45, 7) is -1.21. The van der Waals surface area contributed by atoms with Crippen LogP contribution in [0.3, 0.4) is 0 Å². The van der Waals surface area contributed by atoms with E-state index in [9.17, 15) is 23.2 Å². The first-order valence-corrected chi connectivity index (χ1v) is 10.2. The van der Waals surface area contributed by atoms with Gasteiger partial charge in [0.1, 0.15) is 17.8 Å². The standard InChI is InChI=1S/C23H25F2N3O4/c1-3-13-23(17-7-5-4-6-8-17)20(30)28(22(31)26-23)15-19(29)27(2)14-16-9-11-18(12-10-16)32-21(24)25/h4-12,21H,3,13-15H2,1-2H3,(H,26,31). The van der Waals surface area contributed by atoms with E-state index in [1.807, 2.05) is 13.0 Å². The Bertz CT molecular complexity index is 969. The molecule has 2 aromatic carbocycles. The summed E-state index contributed by atoms with van der Waals surface area (Å²) in [7, 11) is 1.54. The lowest BCUT2D eigenvalue weighted by Gasteiger charge is -2.27. The highest BCUT2D eigenvalue weighted by Crippen LogP contribution is 2.33. The number of nitrogens with zero attached hydrogens (tertiary/aromatic N) is 2. The molecular formula is C23H25F2N3O4. The maximum Gasteiger partial charge on any atom is 0.387 e. The Labute approximate surface area is 184 Å². The first-order chi connectivity index (χ1) is 15.3. The van der Waals surface area contributed by atoms with E-state index in [1.165, 1.54) is 17.0 Å². The molecule has 1 saturated heterocycles. The number of carbonyl (C=O) groups is 3. The lowest BCUT2D eigenvalue weighted by atomic mass is 9.85. The van der Waals surface area contributed by atoms with Crippen molar-refractivity contribution in [2.75, 3.05) is 13.6 Å². The number of hydrogen-bond donors (Lipinski definition) is 1. The van der Waals surface area contributed by atoms with E-state index < -0.39 is 36.5 Å². The molecule has 0 bridgehead atoms. The van der Waals surface area contributed by atoms with Crippen molar-refractivity contribution >= 4 is 17.8 Å². The minimum Gasteiger partial charge on any atom is -0.435 e. The van der Waals surface area contributed by atoms with Gasteiger partial charge in [0.2, 0.25) is 5.91 Å². The first-order valence-electron chi connectivity index (χ1n) is 10.2. The number of halogens is 2. The van der Waals surface area contributed by atoms with Gasteiger partial charge in [0.05, 0.1) is 0 Å². The highest BCUT2D eigenvalue weighted by molar-refractivity contribution is 6.09. The Morgan fingerprint density at radius 1 is 1.12 bits per heavy atom. The second-order valence-electron chi connectivity index (χ2n) is 7.62. The summed E-state index contributed by atoms with van der Waals surface area (Å²) in [5, 5.41) is 2.79. The third-order valence-corrected chi connectivity index (χ3v) is 5.35. The van der Waals surface area contributed by atoms with Gasteiger partial charge in [-0.3, -0.25) is 14.5 Å². The molecule has 1 aliphatic heterocycles. The summed E-state index contributed by atoms with van der Waals surface area (Å²) < 4.78 is 28.8. The fraction of sp³-hybridized carbons (Fsp3) is 0.348. The number of amides is 4. The number of benzene rings is 2. The quantitative estimate of drug-likeness (QED) is 0.600. The van der Waals surface area contributed by atoms with Crippen molar-refractivity contribution < 1.29 is 27.9 Å². The number of carbonyl (C=O) groups excluding carboxylic acids is 3. The van der Waals surface area contributed by atoms with Gasteiger partial charge >= 0.3 is 12.6 Å². The van der Waals surface area contributed by atoms with Crippen molar-refractivity contribution in [3.63, 3.8) is 0 Å². The number of nitrogens with one attached hydrogen (secondary N) is 1.